The molecule has 2 aliphatic rings. The highest BCUT2D eigenvalue weighted by molar-refractivity contribution is 8.00. The molecule has 6 rings (SSSR count). The summed E-state index contributed by atoms with van der Waals surface area (Å²) in [5.41, 5.74) is -0.980. The van der Waals surface area contributed by atoms with Gasteiger partial charge in [-0.05, 0) is 35.7 Å². The maximum absolute atomic E-state index is 13.7. The summed E-state index contributed by atoms with van der Waals surface area (Å²) >= 11 is 3.32. The Labute approximate surface area is 237 Å². The number of halogens is 3. The van der Waals surface area contributed by atoms with Crippen LogP contribution in [0.2, 0.25) is 0 Å². The van der Waals surface area contributed by atoms with E-state index in [0.29, 0.717) is 15.6 Å². The predicted octanol–water partition coefficient (Wildman–Crippen LogP) is 5.42. The number of amides is 3. The third kappa shape index (κ3) is 4.47. The number of para-hydroxylation sites is 2. The average Bonchev–Trinajstić information content (AvgIpc) is 3.62. The number of anilines is 2. The van der Waals surface area contributed by atoms with E-state index in [-0.39, 0.29) is 5.91 Å². The molecule has 0 saturated carbocycles. The molecular weight excluding hydrogens is 584 g/mol. The van der Waals surface area contributed by atoms with Crippen molar-refractivity contribution in [2.24, 2.45) is 5.92 Å². The lowest BCUT2D eigenvalue weighted by Crippen LogP contribution is -2.32. The molecule has 2 aromatic carbocycles. The van der Waals surface area contributed by atoms with Gasteiger partial charge in [0, 0.05) is 15.7 Å². The van der Waals surface area contributed by atoms with Gasteiger partial charge in [-0.1, -0.05) is 59.5 Å². The lowest BCUT2D eigenvalue weighted by molar-refractivity contribution is -0.137. The molecule has 1 N–H and O–H groups in total. The molecule has 7 nitrogen and oxygen atoms in total. The summed E-state index contributed by atoms with van der Waals surface area (Å²) in [6, 6.07) is 16.8. The second kappa shape index (κ2) is 10.1. The molecule has 0 radical (unpaired) electrons. The zero-order chi connectivity index (χ0) is 28.2. The number of benzene rings is 2. The van der Waals surface area contributed by atoms with Crippen LogP contribution in [0.5, 0.6) is 0 Å². The van der Waals surface area contributed by atoms with Crippen LogP contribution in [0.15, 0.2) is 81.9 Å². The highest BCUT2D eigenvalue weighted by atomic mass is 32.2. The molecule has 0 bridgehead atoms. The molecule has 204 valence electrons. The number of thiophene rings is 1. The Morgan fingerprint density at radius 2 is 1.65 bits per heavy atom. The molecule has 1 saturated heterocycles. The minimum absolute atomic E-state index is 0.366. The first-order valence-electron chi connectivity index (χ1n) is 12.0. The third-order valence-electron chi connectivity index (χ3n) is 6.72. The first-order chi connectivity index (χ1) is 19.1. The van der Waals surface area contributed by atoms with Crippen LogP contribution < -0.4 is 15.1 Å². The lowest BCUT2D eigenvalue weighted by atomic mass is 9.87. The molecule has 4 heterocycles. The molecule has 0 spiro atoms. The Morgan fingerprint density at radius 3 is 2.35 bits per heavy atom. The summed E-state index contributed by atoms with van der Waals surface area (Å²) in [6.07, 6.45) is -4.68. The summed E-state index contributed by atoms with van der Waals surface area (Å²) in [5, 5.41) is 3.63. The fraction of sp³-hybridized carbons (Fsp3) is 0.185. The fourth-order valence-electron chi connectivity index (χ4n) is 5.03. The van der Waals surface area contributed by atoms with Crippen molar-refractivity contribution in [1.29, 1.82) is 0 Å². The second-order valence-electron chi connectivity index (χ2n) is 9.12. The van der Waals surface area contributed by atoms with Crippen LogP contribution in [-0.2, 0) is 27.1 Å². The molecule has 1 fully saturated rings. The largest absolute Gasteiger partial charge is 0.418 e. The smallest absolute Gasteiger partial charge is 0.324 e. The number of rotatable bonds is 5. The van der Waals surface area contributed by atoms with Crippen LogP contribution in [0.25, 0.3) is 0 Å². The molecule has 0 aliphatic carbocycles. The lowest BCUT2D eigenvalue weighted by Gasteiger charge is -2.29. The Balaban J connectivity index is 1.37. The molecule has 3 amide bonds. The number of carbonyl (C=O) groups excluding carboxylic acids is 3. The first-order valence-corrected chi connectivity index (χ1v) is 14.5. The van der Waals surface area contributed by atoms with Crippen molar-refractivity contribution < 1.29 is 27.6 Å². The quantitative estimate of drug-likeness (QED) is 0.309. The molecule has 40 heavy (non-hydrogen) atoms. The SMILES string of the molecule is O=C(Cn1c2c(sc1=O)[C@@H](c1cccs1)[C@@H]1C(=O)N(c3ccccc3)C(=O)[C@@H]1S2)Nc1ccccc1C(F)(F)F. The Morgan fingerprint density at radius 1 is 0.925 bits per heavy atom. The Hall–Kier alpha value is -3.68. The van der Waals surface area contributed by atoms with Gasteiger partial charge in [0.15, 0.2) is 0 Å². The van der Waals surface area contributed by atoms with E-state index in [4.69, 9.17) is 0 Å². The van der Waals surface area contributed by atoms with Gasteiger partial charge in [-0.25, -0.2) is 4.90 Å². The number of nitrogens with zero attached hydrogens (tertiary/aromatic N) is 2. The summed E-state index contributed by atoms with van der Waals surface area (Å²) in [5.74, 6) is -2.96. The number of imide groups is 1. The van der Waals surface area contributed by atoms with E-state index in [1.54, 1.807) is 30.3 Å². The van der Waals surface area contributed by atoms with E-state index < -0.39 is 57.7 Å². The van der Waals surface area contributed by atoms with Gasteiger partial charge in [0.2, 0.25) is 17.7 Å². The minimum atomic E-state index is -4.68. The molecule has 2 aliphatic heterocycles. The summed E-state index contributed by atoms with van der Waals surface area (Å²) in [7, 11) is 0. The van der Waals surface area contributed by atoms with E-state index >= 15 is 0 Å². The van der Waals surface area contributed by atoms with Gasteiger partial charge < -0.3 is 5.32 Å². The van der Waals surface area contributed by atoms with Gasteiger partial charge in [0.05, 0.1) is 27.9 Å². The van der Waals surface area contributed by atoms with E-state index in [1.807, 2.05) is 17.5 Å². The summed E-state index contributed by atoms with van der Waals surface area (Å²) in [6.45, 7) is -0.553. The normalized spacial score (nSPS) is 20.4. The Kier molecular flexibility index (Phi) is 6.67. The van der Waals surface area contributed by atoms with Crippen molar-refractivity contribution in [1.82, 2.24) is 4.57 Å². The molecule has 4 aromatic rings. The number of thioether (sulfide) groups is 1. The van der Waals surface area contributed by atoms with Crippen LogP contribution in [-0.4, -0.2) is 27.5 Å². The van der Waals surface area contributed by atoms with E-state index in [1.165, 1.54) is 32.9 Å². The topological polar surface area (TPSA) is 88.5 Å². The zero-order valence-corrected chi connectivity index (χ0v) is 22.7. The van der Waals surface area contributed by atoms with E-state index in [2.05, 4.69) is 5.32 Å². The van der Waals surface area contributed by atoms with Crippen LogP contribution >= 0.6 is 34.4 Å². The second-order valence-corrected chi connectivity index (χ2v) is 12.2. The number of nitrogens with one attached hydrogen (secondary N) is 1. The van der Waals surface area contributed by atoms with Crippen molar-refractivity contribution in [3.63, 3.8) is 0 Å². The van der Waals surface area contributed by atoms with Crippen LogP contribution in [0.3, 0.4) is 0 Å². The number of alkyl halides is 3. The molecular formula is C27H18F3N3O4S3. The summed E-state index contributed by atoms with van der Waals surface area (Å²) in [4.78, 5) is 55.4. The van der Waals surface area contributed by atoms with E-state index in [0.717, 1.165) is 40.1 Å². The standard InChI is InChI=1S/C27H18F3N3O4S3/c28-27(29,30)15-9-4-5-10-16(15)31-18(34)13-32-25-22(40-26(32)37)19(17-11-6-12-38-17)20-21(39-25)24(36)33(23(20)35)14-7-2-1-3-8-14/h1-12,19-21H,13H2,(H,31,34)/t19-,20-,21+/m0/s1. The monoisotopic (exact) mass is 601 g/mol. The zero-order valence-electron chi connectivity index (χ0n) is 20.3. The Bertz CT molecular complexity index is 1680. The van der Waals surface area contributed by atoms with Gasteiger partial charge >= 0.3 is 11.0 Å². The van der Waals surface area contributed by atoms with Gasteiger partial charge in [-0.15, -0.1) is 11.3 Å². The fourth-order valence-corrected chi connectivity index (χ4v) is 8.76. The van der Waals surface area contributed by atoms with Crippen molar-refractivity contribution in [2.45, 2.75) is 28.9 Å². The number of hydrogen-bond acceptors (Lipinski definition) is 7. The third-order valence-corrected chi connectivity index (χ3v) is 10.3. The average molecular weight is 602 g/mol. The molecule has 3 atom stereocenters. The van der Waals surface area contributed by atoms with Crippen LogP contribution in [0, 0.1) is 5.92 Å². The maximum atomic E-state index is 13.7. The highest BCUT2D eigenvalue weighted by Crippen LogP contribution is 2.54. The van der Waals surface area contributed by atoms with E-state index in [9.17, 15) is 32.3 Å². The van der Waals surface area contributed by atoms with Crippen molar-refractivity contribution >= 4 is 63.5 Å². The number of thiazole rings is 1. The first kappa shape index (κ1) is 26.5. The minimum Gasteiger partial charge on any atom is -0.324 e. The molecule has 13 heteroatoms. The summed E-state index contributed by atoms with van der Waals surface area (Å²) < 4.78 is 41.4. The number of carbonyl (C=O) groups is 3. The number of hydrogen-bond donors (Lipinski definition) is 1. The van der Waals surface area contributed by atoms with Gasteiger partial charge in [-0.2, -0.15) is 13.2 Å². The van der Waals surface area contributed by atoms with Crippen molar-refractivity contribution in [2.75, 3.05) is 10.2 Å². The molecule has 2 aromatic heterocycles. The predicted molar refractivity (Wildman–Crippen MR) is 147 cm³/mol. The van der Waals surface area contributed by atoms with Crippen molar-refractivity contribution in [3.05, 3.63) is 97.1 Å². The van der Waals surface area contributed by atoms with Crippen LogP contribution in [0.1, 0.15) is 21.2 Å². The van der Waals surface area contributed by atoms with Crippen LogP contribution in [0.4, 0.5) is 24.5 Å². The number of fused-ring (bicyclic) bond motifs is 2. The molecule has 0 unspecified atom stereocenters. The van der Waals surface area contributed by atoms with Gasteiger partial charge in [0.25, 0.3) is 0 Å². The highest BCUT2D eigenvalue weighted by Gasteiger charge is 2.57. The van der Waals surface area contributed by atoms with Gasteiger partial charge in [-0.3, -0.25) is 23.7 Å². The van der Waals surface area contributed by atoms with Gasteiger partial charge in [0.1, 0.15) is 11.8 Å². The van der Waals surface area contributed by atoms with Crippen molar-refractivity contribution in [3.8, 4) is 0 Å². The number of aromatic nitrogens is 1. The maximum Gasteiger partial charge on any atom is 0.418 e.